The zero-order valence-electron chi connectivity index (χ0n) is 13.0. The number of primary amides is 1. The summed E-state index contributed by atoms with van der Waals surface area (Å²) in [5, 5.41) is 0. The second-order valence-corrected chi connectivity index (χ2v) is 5.05. The predicted octanol–water partition coefficient (Wildman–Crippen LogP) is 0.851. The van der Waals surface area contributed by atoms with Crippen LogP contribution in [-0.2, 0) is 16.0 Å². The molecule has 0 radical (unpaired) electrons. The number of rotatable bonds is 9. The number of nitrogen functional groups attached to an aromatic ring is 1. The van der Waals surface area contributed by atoms with E-state index in [9.17, 15) is 4.79 Å². The Morgan fingerprint density at radius 2 is 2.05 bits per heavy atom. The molecule has 0 bridgehead atoms. The summed E-state index contributed by atoms with van der Waals surface area (Å²) in [6.07, 6.45) is 0. The molecule has 4 N–H and O–H groups in total. The van der Waals surface area contributed by atoms with Crippen molar-refractivity contribution in [3.8, 4) is 0 Å². The van der Waals surface area contributed by atoms with Crippen molar-refractivity contribution in [3.63, 3.8) is 0 Å². The van der Waals surface area contributed by atoms with Crippen LogP contribution in [0.4, 0.5) is 5.69 Å². The fourth-order valence-corrected chi connectivity index (χ4v) is 2.12. The Morgan fingerprint density at radius 1 is 1.33 bits per heavy atom. The van der Waals surface area contributed by atoms with E-state index in [1.807, 2.05) is 6.07 Å². The van der Waals surface area contributed by atoms with Gasteiger partial charge in [-0.05, 0) is 24.6 Å². The van der Waals surface area contributed by atoms with Crippen molar-refractivity contribution in [2.75, 3.05) is 39.7 Å². The lowest BCUT2D eigenvalue weighted by atomic mass is 10.1. The first-order valence-corrected chi connectivity index (χ1v) is 6.89. The van der Waals surface area contributed by atoms with Crippen molar-refractivity contribution in [1.82, 2.24) is 4.90 Å². The van der Waals surface area contributed by atoms with Crippen LogP contribution in [-0.4, -0.2) is 50.8 Å². The van der Waals surface area contributed by atoms with Gasteiger partial charge in [-0.25, -0.2) is 0 Å². The molecule has 1 aromatic carbocycles. The summed E-state index contributed by atoms with van der Waals surface area (Å²) in [4.78, 5) is 13.4. The number of methoxy groups -OCH3 is 2. The van der Waals surface area contributed by atoms with E-state index in [0.717, 1.165) is 12.1 Å². The first kappa shape index (κ1) is 17.4. The van der Waals surface area contributed by atoms with Crippen LogP contribution in [0.1, 0.15) is 22.8 Å². The van der Waals surface area contributed by atoms with Crippen LogP contribution in [0, 0.1) is 0 Å². The Bertz CT molecular complexity index is 465. The van der Waals surface area contributed by atoms with Gasteiger partial charge in [0, 0.05) is 44.6 Å². The van der Waals surface area contributed by atoms with E-state index in [2.05, 4.69) is 11.8 Å². The van der Waals surface area contributed by atoms with Crippen molar-refractivity contribution in [3.05, 3.63) is 29.3 Å². The van der Waals surface area contributed by atoms with Crippen LogP contribution in [0.2, 0.25) is 0 Å². The van der Waals surface area contributed by atoms with Gasteiger partial charge in [-0.1, -0.05) is 6.07 Å². The number of ether oxygens (including phenoxy) is 2. The third kappa shape index (κ3) is 5.34. The number of anilines is 1. The first-order valence-electron chi connectivity index (χ1n) is 6.89. The average molecular weight is 295 g/mol. The number of hydrogen-bond donors (Lipinski definition) is 2. The van der Waals surface area contributed by atoms with Crippen LogP contribution in [0.5, 0.6) is 0 Å². The van der Waals surface area contributed by atoms with Crippen LogP contribution >= 0.6 is 0 Å². The van der Waals surface area contributed by atoms with E-state index in [1.165, 1.54) is 0 Å². The summed E-state index contributed by atoms with van der Waals surface area (Å²) in [7, 11) is 3.36. The minimum absolute atomic E-state index is 0.236. The zero-order valence-corrected chi connectivity index (χ0v) is 13.0. The van der Waals surface area contributed by atoms with Gasteiger partial charge in [0.05, 0.1) is 13.2 Å². The Labute approximate surface area is 126 Å². The van der Waals surface area contributed by atoms with Crippen molar-refractivity contribution in [2.45, 2.75) is 19.5 Å². The highest BCUT2D eigenvalue weighted by Crippen LogP contribution is 2.17. The number of nitrogens with zero attached hydrogens (tertiary/aromatic N) is 1. The minimum atomic E-state index is -0.475. The molecule has 0 saturated heterocycles. The second kappa shape index (κ2) is 8.61. The van der Waals surface area contributed by atoms with Crippen LogP contribution < -0.4 is 11.5 Å². The van der Waals surface area contributed by atoms with Gasteiger partial charge in [0.25, 0.3) is 0 Å². The standard InChI is InChI=1S/C15H25N3O3/c1-11(10-21-3)18(6-7-20-2)9-13-5-4-12(15(17)19)8-14(13)16/h4-5,8,11H,6-7,9-10,16H2,1-3H3,(H2,17,19). The Balaban J connectivity index is 2.84. The normalized spacial score (nSPS) is 12.6. The topological polar surface area (TPSA) is 90.8 Å². The van der Waals surface area contributed by atoms with Gasteiger partial charge in [-0.15, -0.1) is 0 Å². The Morgan fingerprint density at radius 3 is 2.57 bits per heavy atom. The molecule has 1 rings (SSSR count). The van der Waals surface area contributed by atoms with Crippen molar-refractivity contribution < 1.29 is 14.3 Å². The molecule has 0 aliphatic carbocycles. The van der Waals surface area contributed by atoms with Gasteiger partial charge < -0.3 is 20.9 Å². The highest BCUT2D eigenvalue weighted by atomic mass is 16.5. The van der Waals surface area contributed by atoms with Gasteiger partial charge in [-0.2, -0.15) is 0 Å². The molecule has 6 nitrogen and oxygen atoms in total. The van der Waals surface area contributed by atoms with Crippen LogP contribution in [0.15, 0.2) is 18.2 Å². The van der Waals surface area contributed by atoms with E-state index in [1.54, 1.807) is 26.4 Å². The molecule has 1 unspecified atom stereocenters. The molecule has 0 aromatic heterocycles. The molecule has 0 heterocycles. The highest BCUT2D eigenvalue weighted by molar-refractivity contribution is 5.93. The van der Waals surface area contributed by atoms with Gasteiger partial charge in [0.15, 0.2) is 0 Å². The SMILES string of the molecule is COCCN(Cc1ccc(C(N)=O)cc1N)C(C)COC. The van der Waals surface area contributed by atoms with Crippen molar-refractivity contribution in [2.24, 2.45) is 5.73 Å². The van der Waals surface area contributed by atoms with E-state index in [4.69, 9.17) is 20.9 Å². The molecule has 0 saturated carbocycles. The molecule has 0 aliphatic heterocycles. The first-order chi connectivity index (χ1) is 9.99. The average Bonchev–Trinajstić information content (AvgIpc) is 2.44. The number of benzene rings is 1. The summed E-state index contributed by atoms with van der Waals surface area (Å²) in [5.41, 5.74) is 13.2. The van der Waals surface area contributed by atoms with Gasteiger partial charge in [0.1, 0.15) is 0 Å². The summed E-state index contributed by atoms with van der Waals surface area (Å²) in [6.45, 7) is 4.79. The molecular weight excluding hydrogens is 270 g/mol. The maximum absolute atomic E-state index is 11.1. The number of hydrogen-bond acceptors (Lipinski definition) is 5. The molecule has 1 atom stereocenters. The van der Waals surface area contributed by atoms with Gasteiger partial charge in [0.2, 0.25) is 5.91 Å². The Kier molecular flexibility index (Phi) is 7.14. The maximum atomic E-state index is 11.1. The van der Waals surface area contributed by atoms with E-state index >= 15 is 0 Å². The second-order valence-electron chi connectivity index (χ2n) is 5.05. The minimum Gasteiger partial charge on any atom is -0.398 e. The summed E-state index contributed by atoms with van der Waals surface area (Å²) < 4.78 is 10.4. The van der Waals surface area contributed by atoms with Gasteiger partial charge in [-0.3, -0.25) is 9.69 Å². The third-order valence-electron chi connectivity index (χ3n) is 3.42. The largest absolute Gasteiger partial charge is 0.398 e. The number of amides is 1. The maximum Gasteiger partial charge on any atom is 0.248 e. The van der Waals surface area contributed by atoms with Crippen molar-refractivity contribution in [1.29, 1.82) is 0 Å². The number of carbonyl (C=O) groups excluding carboxylic acids is 1. The van der Waals surface area contributed by atoms with Gasteiger partial charge >= 0.3 is 0 Å². The van der Waals surface area contributed by atoms with E-state index < -0.39 is 5.91 Å². The molecule has 118 valence electrons. The lowest BCUT2D eigenvalue weighted by molar-refractivity contribution is 0.0706. The lowest BCUT2D eigenvalue weighted by Crippen LogP contribution is -2.38. The van der Waals surface area contributed by atoms with Crippen molar-refractivity contribution >= 4 is 11.6 Å². The van der Waals surface area contributed by atoms with E-state index in [-0.39, 0.29) is 6.04 Å². The molecular formula is C15H25N3O3. The van der Waals surface area contributed by atoms with E-state index in [0.29, 0.717) is 31.0 Å². The summed E-state index contributed by atoms with van der Waals surface area (Å²) >= 11 is 0. The molecule has 0 spiro atoms. The fourth-order valence-electron chi connectivity index (χ4n) is 2.12. The zero-order chi connectivity index (χ0) is 15.8. The molecule has 0 fully saturated rings. The number of nitrogens with two attached hydrogens (primary N) is 2. The molecule has 1 aromatic rings. The smallest absolute Gasteiger partial charge is 0.248 e. The molecule has 6 heteroatoms. The monoisotopic (exact) mass is 295 g/mol. The Hall–Kier alpha value is -1.63. The van der Waals surface area contributed by atoms with Crippen LogP contribution in [0.3, 0.4) is 0 Å². The number of carbonyl (C=O) groups is 1. The fraction of sp³-hybridized carbons (Fsp3) is 0.533. The quantitative estimate of drug-likeness (QED) is 0.659. The molecule has 21 heavy (non-hydrogen) atoms. The predicted molar refractivity (Wildman–Crippen MR) is 83.0 cm³/mol. The highest BCUT2D eigenvalue weighted by Gasteiger charge is 2.15. The lowest BCUT2D eigenvalue weighted by Gasteiger charge is -2.29. The summed E-state index contributed by atoms with van der Waals surface area (Å²) in [5.74, 6) is -0.475. The summed E-state index contributed by atoms with van der Waals surface area (Å²) in [6, 6.07) is 5.39. The molecule has 0 aliphatic rings. The van der Waals surface area contributed by atoms with Crippen LogP contribution in [0.25, 0.3) is 0 Å². The third-order valence-corrected chi connectivity index (χ3v) is 3.42. The molecule has 1 amide bonds.